The lowest BCUT2D eigenvalue weighted by Gasteiger charge is -2.29. The van der Waals surface area contributed by atoms with Crippen LogP contribution in [0.25, 0.3) is 0 Å². The first-order valence-electron chi connectivity index (χ1n) is 6.20. The number of benzene rings is 2. The van der Waals surface area contributed by atoms with Crippen molar-refractivity contribution in [1.29, 1.82) is 5.26 Å². The van der Waals surface area contributed by atoms with E-state index >= 15 is 0 Å². The Labute approximate surface area is 118 Å². The Morgan fingerprint density at radius 3 is 2.25 bits per heavy atom. The summed E-state index contributed by atoms with van der Waals surface area (Å²) in [6, 6.07) is 17.6. The van der Waals surface area contributed by atoms with E-state index in [9.17, 15) is 9.65 Å². The molecule has 20 heavy (non-hydrogen) atoms. The van der Waals surface area contributed by atoms with Crippen LogP contribution in [-0.4, -0.2) is 0 Å². The van der Waals surface area contributed by atoms with Crippen molar-refractivity contribution in [2.75, 3.05) is 0 Å². The van der Waals surface area contributed by atoms with Gasteiger partial charge < -0.3 is 0 Å². The Morgan fingerprint density at radius 1 is 1.10 bits per heavy atom. The molecule has 0 aromatic heterocycles. The van der Waals surface area contributed by atoms with Gasteiger partial charge in [0.25, 0.3) is 0 Å². The van der Waals surface area contributed by atoms with Crippen LogP contribution in [0.2, 0.25) is 0 Å². The largest absolute Gasteiger partial charge is 0.207 e. The van der Waals surface area contributed by atoms with Gasteiger partial charge in [-0.3, -0.25) is 0 Å². The minimum absolute atomic E-state index is 0.290. The van der Waals surface area contributed by atoms with Crippen molar-refractivity contribution in [3.05, 3.63) is 96.3 Å². The van der Waals surface area contributed by atoms with Gasteiger partial charge in [-0.1, -0.05) is 67.8 Å². The highest BCUT2D eigenvalue weighted by Gasteiger charge is 2.38. The second-order valence-electron chi connectivity index (χ2n) is 4.44. The predicted molar refractivity (Wildman–Crippen MR) is 78.6 cm³/mol. The van der Waals surface area contributed by atoms with E-state index in [1.807, 2.05) is 18.2 Å². The fourth-order valence-corrected chi connectivity index (χ4v) is 2.32. The summed E-state index contributed by atoms with van der Waals surface area (Å²) in [7, 11) is 0. The average Bonchev–Trinajstić information content (AvgIpc) is 2.51. The molecule has 0 aliphatic heterocycles. The fraction of sp³-hybridized carbons (Fsp3) is 0.0556. The van der Waals surface area contributed by atoms with Crippen LogP contribution in [0.4, 0.5) is 4.39 Å². The molecular weight excluding hydrogens is 249 g/mol. The van der Waals surface area contributed by atoms with Crippen molar-refractivity contribution < 1.29 is 4.39 Å². The lowest BCUT2D eigenvalue weighted by molar-refractivity contribution is 0.589. The minimum atomic E-state index is -1.26. The summed E-state index contributed by atoms with van der Waals surface area (Å²) in [6.45, 7) is 7.59. The number of hydrogen-bond donors (Lipinski definition) is 0. The molecule has 2 aromatic rings. The van der Waals surface area contributed by atoms with Crippen molar-refractivity contribution in [3.8, 4) is 6.07 Å². The molecule has 0 bridgehead atoms. The first-order chi connectivity index (χ1) is 9.66. The predicted octanol–water partition coefficient (Wildman–Crippen LogP) is 4.38. The van der Waals surface area contributed by atoms with Crippen LogP contribution in [0.15, 0.2) is 79.4 Å². The van der Waals surface area contributed by atoms with Gasteiger partial charge in [-0.2, -0.15) is 5.26 Å². The Balaban J connectivity index is 2.81. The van der Waals surface area contributed by atoms with E-state index in [1.54, 1.807) is 30.3 Å². The quantitative estimate of drug-likeness (QED) is 0.751. The van der Waals surface area contributed by atoms with E-state index in [2.05, 4.69) is 19.2 Å². The number of rotatable bonds is 4. The molecule has 0 amide bonds. The highest BCUT2D eigenvalue weighted by atomic mass is 19.1. The van der Waals surface area contributed by atoms with Gasteiger partial charge in [0.05, 0.1) is 6.07 Å². The van der Waals surface area contributed by atoms with Crippen LogP contribution in [0.5, 0.6) is 0 Å². The second kappa shape index (κ2) is 5.54. The van der Waals surface area contributed by atoms with Gasteiger partial charge in [0.15, 0.2) is 0 Å². The summed E-state index contributed by atoms with van der Waals surface area (Å²) in [5, 5.41) is 9.78. The molecule has 0 aliphatic rings. The highest BCUT2D eigenvalue weighted by Crippen LogP contribution is 2.39. The monoisotopic (exact) mass is 263 g/mol. The summed E-state index contributed by atoms with van der Waals surface area (Å²) < 4.78 is 14.2. The third kappa shape index (κ3) is 2.04. The molecule has 0 saturated heterocycles. The second-order valence-corrected chi connectivity index (χ2v) is 4.44. The lowest BCUT2D eigenvalue weighted by Crippen LogP contribution is -2.28. The highest BCUT2D eigenvalue weighted by molar-refractivity contribution is 5.57. The molecule has 1 nitrogen and oxygen atoms in total. The van der Waals surface area contributed by atoms with Crippen molar-refractivity contribution in [1.82, 2.24) is 0 Å². The van der Waals surface area contributed by atoms with Crippen molar-refractivity contribution in [3.63, 3.8) is 0 Å². The molecule has 0 radical (unpaired) electrons. The van der Waals surface area contributed by atoms with Crippen molar-refractivity contribution in [2.45, 2.75) is 5.41 Å². The number of hydrogen-bond acceptors (Lipinski definition) is 1. The van der Waals surface area contributed by atoms with Crippen LogP contribution in [-0.2, 0) is 5.41 Å². The van der Waals surface area contributed by atoms with Crippen LogP contribution in [0, 0.1) is 17.1 Å². The van der Waals surface area contributed by atoms with Crippen LogP contribution in [0.1, 0.15) is 11.1 Å². The van der Waals surface area contributed by atoms with Gasteiger partial charge in [0.2, 0.25) is 0 Å². The van der Waals surface area contributed by atoms with E-state index in [0.29, 0.717) is 16.7 Å². The van der Waals surface area contributed by atoms with E-state index in [0.717, 1.165) is 0 Å². The normalized spacial score (nSPS) is 13.0. The summed E-state index contributed by atoms with van der Waals surface area (Å²) in [4.78, 5) is 0. The third-order valence-corrected chi connectivity index (χ3v) is 3.38. The number of halogens is 1. The number of allylic oxidation sites excluding steroid dienone is 2. The molecule has 1 unspecified atom stereocenters. The van der Waals surface area contributed by atoms with Crippen LogP contribution >= 0.6 is 0 Å². The van der Waals surface area contributed by atoms with E-state index in [1.165, 1.54) is 12.1 Å². The molecule has 98 valence electrons. The van der Waals surface area contributed by atoms with Crippen molar-refractivity contribution in [2.24, 2.45) is 0 Å². The molecule has 0 spiro atoms. The maximum Gasteiger partial charge on any atom is 0.134 e. The molecule has 0 saturated carbocycles. The Bertz CT molecular complexity index is 682. The van der Waals surface area contributed by atoms with Crippen LogP contribution < -0.4 is 0 Å². The van der Waals surface area contributed by atoms with E-state index in [-0.39, 0.29) is 0 Å². The number of nitriles is 1. The van der Waals surface area contributed by atoms with Gasteiger partial charge in [0, 0.05) is 5.56 Å². The summed E-state index contributed by atoms with van der Waals surface area (Å²) >= 11 is 0. The Kier molecular flexibility index (Phi) is 3.81. The standard InChI is InChI=1S/C18H14FN/c1-3-14(2)18(13-20,15-9-5-4-6-10-15)16-11-7-8-12-17(16)19/h3-12H,1-2H2. The van der Waals surface area contributed by atoms with Crippen LogP contribution in [0.3, 0.4) is 0 Å². The smallest absolute Gasteiger partial charge is 0.134 e. The molecule has 2 rings (SSSR count). The molecule has 0 aliphatic carbocycles. The third-order valence-electron chi connectivity index (χ3n) is 3.38. The number of nitrogens with zero attached hydrogens (tertiary/aromatic N) is 1. The minimum Gasteiger partial charge on any atom is -0.207 e. The first-order valence-corrected chi connectivity index (χ1v) is 6.20. The fourth-order valence-electron chi connectivity index (χ4n) is 2.32. The van der Waals surface area contributed by atoms with Gasteiger partial charge >= 0.3 is 0 Å². The lowest BCUT2D eigenvalue weighted by atomic mass is 9.70. The maximum atomic E-state index is 14.2. The SMILES string of the molecule is C=CC(=C)C(C#N)(c1ccccc1)c1ccccc1F. The molecule has 2 heteroatoms. The molecule has 0 heterocycles. The summed E-state index contributed by atoms with van der Waals surface area (Å²) in [5.74, 6) is -0.430. The average molecular weight is 263 g/mol. The zero-order chi connectivity index (χ0) is 14.6. The maximum absolute atomic E-state index is 14.2. The first kappa shape index (κ1) is 13.8. The van der Waals surface area contributed by atoms with Gasteiger partial charge in [0.1, 0.15) is 11.2 Å². The summed E-state index contributed by atoms with van der Waals surface area (Å²) in [6.07, 6.45) is 1.50. The van der Waals surface area contributed by atoms with E-state index < -0.39 is 11.2 Å². The van der Waals surface area contributed by atoms with Gasteiger partial charge in [-0.05, 0) is 17.2 Å². The molecule has 1 atom stereocenters. The van der Waals surface area contributed by atoms with Gasteiger partial charge in [-0.25, -0.2) is 4.39 Å². The van der Waals surface area contributed by atoms with Crippen molar-refractivity contribution >= 4 is 0 Å². The Morgan fingerprint density at radius 2 is 1.70 bits per heavy atom. The topological polar surface area (TPSA) is 23.8 Å². The molecule has 2 aromatic carbocycles. The summed E-state index contributed by atoms with van der Waals surface area (Å²) in [5.41, 5.74) is 0.168. The molecule has 0 fully saturated rings. The Hall–Kier alpha value is -2.66. The zero-order valence-electron chi connectivity index (χ0n) is 11.0. The molecule has 0 N–H and O–H groups in total. The molecular formula is C18H14FN. The van der Waals surface area contributed by atoms with Gasteiger partial charge in [-0.15, -0.1) is 0 Å². The zero-order valence-corrected chi connectivity index (χ0v) is 11.0. The van der Waals surface area contributed by atoms with E-state index in [4.69, 9.17) is 0 Å².